The molecule has 1 heterocycles. The molecule has 0 saturated carbocycles. The van der Waals surface area contributed by atoms with Gasteiger partial charge in [-0.1, -0.05) is 44.2 Å². The second-order valence-corrected chi connectivity index (χ2v) is 3.20. The van der Waals surface area contributed by atoms with Crippen molar-refractivity contribution in [2.24, 2.45) is 0 Å². The van der Waals surface area contributed by atoms with Crippen molar-refractivity contribution in [3.05, 3.63) is 48.8 Å². The van der Waals surface area contributed by atoms with Crippen molar-refractivity contribution in [3.63, 3.8) is 0 Å². The third-order valence-corrected chi connectivity index (χ3v) is 2.26. The Bertz CT molecular complexity index is 475. The van der Waals surface area contributed by atoms with E-state index in [9.17, 15) is 0 Å². The Morgan fingerprint density at radius 3 is 2.69 bits per heavy atom. The van der Waals surface area contributed by atoms with Crippen LogP contribution in [0.4, 0.5) is 5.69 Å². The van der Waals surface area contributed by atoms with Gasteiger partial charge in [0.05, 0.1) is 11.4 Å². The van der Waals surface area contributed by atoms with Crippen molar-refractivity contribution >= 4 is 16.5 Å². The highest BCUT2D eigenvalue weighted by Crippen LogP contribution is 2.22. The fourth-order valence-corrected chi connectivity index (χ4v) is 1.53. The maximum atomic E-state index is 5.99. The maximum absolute atomic E-state index is 5.99. The molecule has 1 aromatic carbocycles. The molecule has 2 N–H and O–H groups in total. The number of aromatic nitrogens is 1. The van der Waals surface area contributed by atoms with E-state index in [0.29, 0.717) is 0 Å². The lowest BCUT2D eigenvalue weighted by Crippen LogP contribution is -1.97. The zero-order chi connectivity index (χ0) is 12.0. The second-order valence-electron chi connectivity index (χ2n) is 3.20. The van der Waals surface area contributed by atoms with Gasteiger partial charge in [-0.15, -0.1) is 6.58 Å². The minimum atomic E-state index is 0.719. The van der Waals surface area contributed by atoms with Gasteiger partial charge < -0.3 is 5.73 Å². The lowest BCUT2D eigenvalue weighted by molar-refractivity contribution is 1.13. The molecule has 0 amide bonds. The van der Waals surface area contributed by atoms with Crippen LogP contribution in [-0.4, -0.2) is 4.98 Å². The summed E-state index contributed by atoms with van der Waals surface area (Å²) in [6, 6.07) is 7.99. The minimum absolute atomic E-state index is 0.719. The summed E-state index contributed by atoms with van der Waals surface area (Å²) in [6.45, 7) is 7.68. The summed E-state index contributed by atoms with van der Waals surface area (Å²) >= 11 is 0. The lowest BCUT2D eigenvalue weighted by Gasteiger charge is -2.05. The quantitative estimate of drug-likeness (QED) is 0.776. The summed E-state index contributed by atoms with van der Waals surface area (Å²) in [5, 5.41) is 2.15. The Kier molecular flexibility index (Phi) is 4.52. The van der Waals surface area contributed by atoms with Gasteiger partial charge in [0.1, 0.15) is 0 Å². The predicted molar refractivity (Wildman–Crippen MR) is 71.4 cm³/mol. The Morgan fingerprint density at radius 2 is 2.00 bits per heavy atom. The van der Waals surface area contributed by atoms with E-state index < -0.39 is 0 Å². The number of nitrogens with zero attached hydrogens (tertiary/aromatic N) is 1. The van der Waals surface area contributed by atoms with Gasteiger partial charge in [0, 0.05) is 23.4 Å². The van der Waals surface area contributed by atoms with E-state index in [1.54, 1.807) is 0 Å². The molecule has 84 valence electrons. The lowest BCUT2D eigenvalue weighted by atomic mass is 10.1. The number of benzene rings is 1. The van der Waals surface area contributed by atoms with Crippen LogP contribution in [0, 0.1) is 0 Å². The fraction of sp³-hybridized carbons (Fsp3) is 0.214. The van der Waals surface area contributed by atoms with Gasteiger partial charge in [0.25, 0.3) is 0 Å². The first kappa shape index (κ1) is 12.2. The van der Waals surface area contributed by atoms with E-state index in [-0.39, 0.29) is 0 Å². The van der Waals surface area contributed by atoms with Crippen LogP contribution in [0.15, 0.2) is 43.1 Å². The molecule has 0 unspecified atom stereocenters. The second kappa shape index (κ2) is 5.91. The molecular formula is C14H18N2. The van der Waals surface area contributed by atoms with E-state index >= 15 is 0 Å². The number of pyridine rings is 1. The van der Waals surface area contributed by atoms with Crippen molar-refractivity contribution < 1.29 is 0 Å². The molecule has 0 aliphatic carbocycles. The fourth-order valence-electron chi connectivity index (χ4n) is 1.53. The molecule has 0 saturated heterocycles. The largest absolute Gasteiger partial charge is 0.397 e. The van der Waals surface area contributed by atoms with Gasteiger partial charge in [-0.2, -0.15) is 0 Å². The molecule has 0 radical (unpaired) electrons. The van der Waals surface area contributed by atoms with Gasteiger partial charge in [0.15, 0.2) is 0 Å². The minimum Gasteiger partial charge on any atom is -0.397 e. The highest BCUT2D eigenvalue weighted by molar-refractivity contribution is 5.93. The molecule has 0 spiro atoms. The first-order chi connectivity index (χ1) is 7.83. The summed E-state index contributed by atoms with van der Waals surface area (Å²) in [7, 11) is 0. The molecule has 16 heavy (non-hydrogen) atoms. The number of allylic oxidation sites excluding steroid dienone is 1. The van der Waals surface area contributed by atoms with Crippen LogP contribution in [0.3, 0.4) is 0 Å². The third kappa shape index (κ3) is 2.40. The summed E-state index contributed by atoms with van der Waals surface area (Å²) in [4.78, 5) is 4.30. The zero-order valence-corrected chi connectivity index (χ0v) is 9.90. The molecule has 0 fully saturated rings. The highest BCUT2D eigenvalue weighted by atomic mass is 14.7. The van der Waals surface area contributed by atoms with Crippen LogP contribution < -0.4 is 5.73 Å². The molecule has 1 aromatic heterocycles. The normalized spacial score (nSPS) is 9.38. The van der Waals surface area contributed by atoms with Crippen molar-refractivity contribution in [2.45, 2.75) is 20.3 Å². The number of nitrogens with two attached hydrogens (primary N) is 1. The van der Waals surface area contributed by atoms with E-state index in [4.69, 9.17) is 5.73 Å². The monoisotopic (exact) mass is 214 g/mol. The van der Waals surface area contributed by atoms with Crippen molar-refractivity contribution in [2.75, 3.05) is 5.73 Å². The summed E-state index contributed by atoms with van der Waals surface area (Å²) < 4.78 is 0. The first-order valence-corrected chi connectivity index (χ1v) is 5.56. The molecule has 0 aliphatic rings. The van der Waals surface area contributed by atoms with Crippen molar-refractivity contribution in [3.8, 4) is 0 Å². The smallest absolute Gasteiger partial charge is 0.0676 e. The van der Waals surface area contributed by atoms with E-state index in [0.717, 1.165) is 28.6 Å². The number of fused-ring (bicyclic) bond motifs is 1. The van der Waals surface area contributed by atoms with Crippen molar-refractivity contribution in [1.29, 1.82) is 0 Å². The third-order valence-electron chi connectivity index (χ3n) is 2.26. The average molecular weight is 214 g/mol. The van der Waals surface area contributed by atoms with E-state index in [1.165, 1.54) is 0 Å². The molecular weight excluding hydrogens is 196 g/mol. The molecule has 2 nitrogen and oxygen atoms in total. The van der Waals surface area contributed by atoms with E-state index in [2.05, 4.69) is 11.6 Å². The molecule has 2 heteroatoms. The Labute approximate surface area is 96.8 Å². The number of nitrogen functional groups attached to an aromatic ring is 1. The van der Waals surface area contributed by atoms with Crippen LogP contribution in [0.1, 0.15) is 19.5 Å². The average Bonchev–Trinajstić information content (AvgIpc) is 2.36. The molecule has 2 rings (SSSR count). The predicted octanol–water partition coefficient (Wildman–Crippen LogP) is 3.57. The van der Waals surface area contributed by atoms with Gasteiger partial charge in [0.2, 0.25) is 0 Å². The molecule has 0 bridgehead atoms. The van der Waals surface area contributed by atoms with Crippen LogP contribution in [0.5, 0.6) is 0 Å². The van der Waals surface area contributed by atoms with Crippen LogP contribution >= 0.6 is 0 Å². The number of rotatable bonds is 2. The Balaban J connectivity index is 0.000000606. The van der Waals surface area contributed by atoms with Crippen LogP contribution in [-0.2, 0) is 6.42 Å². The Morgan fingerprint density at radius 1 is 1.31 bits per heavy atom. The summed E-state index contributed by atoms with van der Waals surface area (Å²) in [5.41, 5.74) is 7.66. The van der Waals surface area contributed by atoms with Crippen molar-refractivity contribution in [1.82, 2.24) is 4.98 Å². The van der Waals surface area contributed by atoms with Gasteiger partial charge in [-0.25, -0.2) is 0 Å². The summed E-state index contributed by atoms with van der Waals surface area (Å²) in [6.07, 6.45) is 4.38. The Hall–Kier alpha value is -1.83. The van der Waals surface area contributed by atoms with Gasteiger partial charge >= 0.3 is 0 Å². The topological polar surface area (TPSA) is 38.9 Å². The number of hydrogen-bond donors (Lipinski definition) is 1. The zero-order valence-electron chi connectivity index (χ0n) is 9.90. The number of hydrogen-bond acceptors (Lipinski definition) is 2. The van der Waals surface area contributed by atoms with Gasteiger partial charge in [-0.3, -0.25) is 4.98 Å². The maximum Gasteiger partial charge on any atom is 0.0676 e. The van der Waals surface area contributed by atoms with Crippen LogP contribution in [0.25, 0.3) is 10.8 Å². The SMILES string of the molecule is C=CCc1ncc2ccccc2c1N.CC. The first-order valence-electron chi connectivity index (χ1n) is 5.56. The molecule has 0 atom stereocenters. The number of anilines is 1. The summed E-state index contributed by atoms with van der Waals surface area (Å²) in [5.74, 6) is 0. The highest BCUT2D eigenvalue weighted by Gasteiger charge is 2.03. The van der Waals surface area contributed by atoms with Crippen LogP contribution in [0.2, 0.25) is 0 Å². The van der Waals surface area contributed by atoms with E-state index in [1.807, 2.05) is 50.4 Å². The van der Waals surface area contributed by atoms with Gasteiger partial charge in [-0.05, 0) is 0 Å². The molecule has 0 aliphatic heterocycles. The molecule has 2 aromatic rings. The standard InChI is InChI=1S/C12H12N2.C2H6/c1-2-5-11-12(13)10-7-4-3-6-9(10)8-14-11;1-2/h2-4,6-8H,1,5,13H2;1-2H3.